The predicted molar refractivity (Wildman–Crippen MR) is 68.3 cm³/mol. The van der Waals surface area contributed by atoms with E-state index < -0.39 is 0 Å². The highest BCUT2D eigenvalue weighted by molar-refractivity contribution is 5.50. The van der Waals surface area contributed by atoms with Gasteiger partial charge in [0.2, 0.25) is 0 Å². The van der Waals surface area contributed by atoms with Crippen LogP contribution in [0.25, 0.3) is 0 Å². The van der Waals surface area contributed by atoms with Crippen molar-refractivity contribution in [3.05, 3.63) is 28.8 Å². The third kappa shape index (κ3) is 1.73. The molecule has 1 nitrogen and oxygen atoms in total. The normalized spacial score (nSPS) is 23.4. The summed E-state index contributed by atoms with van der Waals surface area (Å²) in [6.45, 7) is 11.1. The first-order valence-corrected chi connectivity index (χ1v) is 6.28. The molecule has 1 aromatic rings. The molecule has 0 radical (unpaired) electrons. The predicted octanol–water partition coefficient (Wildman–Crippen LogP) is 4.22. The van der Waals surface area contributed by atoms with Gasteiger partial charge in [-0.3, -0.25) is 0 Å². The first-order valence-electron chi connectivity index (χ1n) is 6.28. The standard InChI is InChI=1S/C15H22O/c1-6-15(5)9-13-12(10(2)3)8-7-11(4)14(13)16-15/h7-8,10H,6,9H2,1-5H3. The highest BCUT2D eigenvalue weighted by Gasteiger charge is 2.35. The summed E-state index contributed by atoms with van der Waals surface area (Å²) in [7, 11) is 0. The van der Waals surface area contributed by atoms with E-state index >= 15 is 0 Å². The molecule has 16 heavy (non-hydrogen) atoms. The molecule has 0 bridgehead atoms. The molecule has 1 aliphatic rings. The van der Waals surface area contributed by atoms with Gasteiger partial charge in [-0.15, -0.1) is 0 Å². The van der Waals surface area contributed by atoms with Crippen LogP contribution < -0.4 is 4.74 Å². The van der Waals surface area contributed by atoms with Crippen LogP contribution in [0, 0.1) is 6.92 Å². The lowest BCUT2D eigenvalue weighted by atomic mass is 9.89. The molecular formula is C15H22O. The molecular weight excluding hydrogens is 196 g/mol. The molecule has 1 aliphatic heterocycles. The number of hydrogen-bond donors (Lipinski definition) is 0. The van der Waals surface area contributed by atoms with Crippen molar-refractivity contribution in [1.82, 2.24) is 0 Å². The molecule has 1 heteroatoms. The van der Waals surface area contributed by atoms with E-state index in [-0.39, 0.29) is 5.60 Å². The molecule has 1 atom stereocenters. The molecule has 0 spiro atoms. The zero-order chi connectivity index (χ0) is 11.9. The average Bonchev–Trinajstić information content (AvgIpc) is 2.58. The summed E-state index contributed by atoms with van der Waals surface area (Å²) in [5.41, 5.74) is 4.19. The Balaban J connectivity index is 2.50. The fourth-order valence-electron chi connectivity index (χ4n) is 2.48. The van der Waals surface area contributed by atoms with Gasteiger partial charge in [-0.2, -0.15) is 0 Å². The summed E-state index contributed by atoms with van der Waals surface area (Å²) in [5, 5.41) is 0. The average molecular weight is 218 g/mol. The third-order valence-electron chi connectivity index (χ3n) is 3.76. The molecule has 0 saturated heterocycles. The van der Waals surface area contributed by atoms with Gasteiger partial charge in [0.25, 0.3) is 0 Å². The Kier molecular flexibility index (Phi) is 2.73. The molecule has 88 valence electrons. The van der Waals surface area contributed by atoms with Crippen LogP contribution in [0.15, 0.2) is 12.1 Å². The molecule has 0 aromatic heterocycles. The third-order valence-corrected chi connectivity index (χ3v) is 3.76. The topological polar surface area (TPSA) is 9.23 Å². The smallest absolute Gasteiger partial charge is 0.126 e. The van der Waals surface area contributed by atoms with Gasteiger partial charge >= 0.3 is 0 Å². The SMILES string of the molecule is CCC1(C)Cc2c(C(C)C)ccc(C)c2O1. The molecule has 0 saturated carbocycles. The lowest BCUT2D eigenvalue weighted by molar-refractivity contribution is 0.111. The quantitative estimate of drug-likeness (QED) is 0.722. The summed E-state index contributed by atoms with van der Waals surface area (Å²) >= 11 is 0. The molecule has 0 amide bonds. The zero-order valence-corrected chi connectivity index (χ0v) is 11.1. The van der Waals surface area contributed by atoms with Crippen LogP contribution >= 0.6 is 0 Å². The minimum atomic E-state index is 0.0120. The van der Waals surface area contributed by atoms with Crippen LogP contribution in [0.4, 0.5) is 0 Å². The largest absolute Gasteiger partial charge is 0.487 e. The van der Waals surface area contributed by atoms with Crippen molar-refractivity contribution >= 4 is 0 Å². The molecule has 1 aromatic carbocycles. The second-order valence-corrected chi connectivity index (χ2v) is 5.52. The number of hydrogen-bond acceptors (Lipinski definition) is 1. The van der Waals surface area contributed by atoms with Gasteiger partial charge in [0.1, 0.15) is 11.4 Å². The Morgan fingerprint density at radius 3 is 2.62 bits per heavy atom. The van der Waals surface area contributed by atoms with E-state index in [4.69, 9.17) is 4.74 Å². The van der Waals surface area contributed by atoms with E-state index in [0.29, 0.717) is 5.92 Å². The van der Waals surface area contributed by atoms with E-state index in [1.165, 1.54) is 16.7 Å². The van der Waals surface area contributed by atoms with Crippen molar-refractivity contribution < 1.29 is 4.74 Å². The fourth-order valence-corrected chi connectivity index (χ4v) is 2.48. The van der Waals surface area contributed by atoms with E-state index in [2.05, 4.69) is 46.8 Å². The Labute approximate surface area is 98.8 Å². The van der Waals surface area contributed by atoms with E-state index in [1.807, 2.05) is 0 Å². The molecule has 1 heterocycles. The van der Waals surface area contributed by atoms with Gasteiger partial charge in [0.05, 0.1) is 0 Å². The summed E-state index contributed by atoms with van der Waals surface area (Å²) in [6.07, 6.45) is 2.13. The van der Waals surface area contributed by atoms with Gasteiger partial charge < -0.3 is 4.74 Å². The van der Waals surface area contributed by atoms with Crippen molar-refractivity contribution in [2.75, 3.05) is 0 Å². The highest BCUT2D eigenvalue weighted by Crippen LogP contribution is 2.42. The van der Waals surface area contributed by atoms with Crippen LogP contribution in [0.1, 0.15) is 56.7 Å². The van der Waals surface area contributed by atoms with Gasteiger partial charge in [-0.25, -0.2) is 0 Å². The van der Waals surface area contributed by atoms with Crippen LogP contribution in [0.2, 0.25) is 0 Å². The fraction of sp³-hybridized carbons (Fsp3) is 0.600. The van der Waals surface area contributed by atoms with Crippen LogP contribution in [0.3, 0.4) is 0 Å². The zero-order valence-electron chi connectivity index (χ0n) is 11.1. The van der Waals surface area contributed by atoms with E-state index in [0.717, 1.165) is 18.6 Å². The Morgan fingerprint density at radius 1 is 1.38 bits per heavy atom. The first kappa shape index (κ1) is 11.5. The van der Waals surface area contributed by atoms with Crippen molar-refractivity contribution in [3.8, 4) is 5.75 Å². The summed E-state index contributed by atoms with van der Waals surface area (Å²) < 4.78 is 6.17. The second kappa shape index (κ2) is 3.80. The minimum Gasteiger partial charge on any atom is -0.487 e. The number of aryl methyl sites for hydroxylation is 1. The lowest BCUT2D eigenvalue weighted by Gasteiger charge is -2.21. The Bertz CT molecular complexity index is 406. The maximum atomic E-state index is 6.17. The second-order valence-electron chi connectivity index (χ2n) is 5.52. The minimum absolute atomic E-state index is 0.0120. The molecule has 0 aliphatic carbocycles. The highest BCUT2D eigenvalue weighted by atomic mass is 16.5. The van der Waals surface area contributed by atoms with Crippen molar-refractivity contribution in [2.24, 2.45) is 0 Å². The summed E-state index contributed by atoms with van der Waals surface area (Å²) in [5.74, 6) is 1.73. The number of ether oxygens (including phenoxy) is 1. The lowest BCUT2D eigenvalue weighted by Crippen LogP contribution is -2.28. The van der Waals surface area contributed by atoms with Crippen LogP contribution in [-0.2, 0) is 6.42 Å². The summed E-state index contributed by atoms with van der Waals surface area (Å²) in [6, 6.07) is 4.46. The molecule has 1 unspecified atom stereocenters. The number of rotatable bonds is 2. The van der Waals surface area contributed by atoms with Gasteiger partial charge in [0, 0.05) is 12.0 Å². The van der Waals surface area contributed by atoms with Crippen molar-refractivity contribution in [1.29, 1.82) is 0 Å². The molecule has 0 N–H and O–H groups in total. The Hall–Kier alpha value is -0.980. The molecule has 0 fully saturated rings. The van der Waals surface area contributed by atoms with Crippen LogP contribution in [-0.4, -0.2) is 5.60 Å². The van der Waals surface area contributed by atoms with Crippen LogP contribution in [0.5, 0.6) is 5.75 Å². The van der Waals surface area contributed by atoms with Crippen molar-refractivity contribution in [3.63, 3.8) is 0 Å². The number of benzene rings is 1. The monoisotopic (exact) mass is 218 g/mol. The maximum absolute atomic E-state index is 6.17. The Morgan fingerprint density at radius 2 is 2.06 bits per heavy atom. The maximum Gasteiger partial charge on any atom is 0.126 e. The number of fused-ring (bicyclic) bond motifs is 1. The molecule has 2 rings (SSSR count). The van der Waals surface area contributed by atoms with Gasteiger partial charge in [0.15, 0.2) is 0 Å². The van der Waals surface area contributed by atoms with Crippen molar-refractivity contribution in [2.45, 2.75) is 59.0 Å². The first-order chi connectivity index (χ1) is 7.47. The van der Waals surface area contributed by atoms with E-state index in [1.54, 1.807) is 0 Å². The van der Waals surface area contributed by atoms with E-state index in [9.17, 15) is 0 Å². The summed E-state index contributed by atoms with van der Waals surface area (Å²) in [4.78, 5) is 0. The van der Waals surface area contributed by atoms with Gasteiger partial charge in [-0.05, 0) is 37.3 Å². The van der Waals surface area contributed by atoms with Gasteiger partial charge in [-0.1, -0.05) is 32.9 Å².